The monoisotopic (exact) mass is 1800 g/mol. The van der Waals surface area contributed by atoms with Crippen molar-refractivity contribution in [2.75, 3.05) is 59.5 Å². The van der Waals surface area contributed by atoms with Gasteiger partial charge in [0.2, 0.25) is 23.6 Å². The third-order valence-corrected chi connectivity index (χ3v) is 21.9. The highest BCUT2D eigenvalue weighted by Gasteiger charge is 2.64. The van der Waals surface area contributed by atoms with Crippen molar-refractivity contribution in [2.45, 2.75) is 328 Å². The molecular formula is C68H114N4O51. The van der Waals surface area contributed by atoms with Gasteiger partial charge in [0, 0.05) is 40.5 Å². The number of aliphatic hydroxyl groups excluding tert-OH is 27. The fourth-order valence-corrected chi connectivity index (χ4v) is 15.3. The Bertz CT molecular complexity index is 3380. The summed E-state index contributed by atoms with van der Waals surface area (Å²) in [6.07, 6.45) is -93.9. The summed E-state index contributed by atoms with van der Waals surface area (Å²) in [5, 5.41) is 331. The van der Waals surface area contributed by atoms with E-state index in [-0.39, 0.29) is 0 Å². The van der Waals surface area contributed by atoms with E-state index in [1.807, 2.05) is 0 Å². The van der Waals surface area contributed by atoms with Gasteiger partial charge in [-0.3, -0.25) is 19.2 Å². The lowest BCUT2D eigenvalue weighted by atomic mass is 9.88. The second-order valence-electron chi connectivity index (χ2n) is 30.8. The molecule has 33 N–H and O–H groups in total. The molecule has 0 aromatic rings. The third kappa shape index (κ3) is 23.5. The largest absolute Gasteiger partial charge is 0.477 e. The van der Waals surface area contributed by atoms with Crippen molar-refractivity contribution in [2.24, 2.45) is 0 Å². The Hall–Kier alpha value is -4.90. The molecule has 0 aliphatic carbocycles. The van der Waals surface area contributed by atoms with E-state index >= 15 is 0 Å². The van der Waals surface area contributed by atoms with E-state index in [2.05, 4.69) is 21.3 Å². The number of nitrogens with one attached hydrogen (secondary N) is 4. The van der Waals surface area contributed by atoms with Gasteiger partial charge in [-0.15, -0.1) is 0 Å². The first kappa shape index (κ1) is 103. The molecule has 8 fully saturated rings. The Morgan fingerprint density at radius 2 is 0.789 bits per heavy atom. The highest BCUT2D eigenvalue weighted by Crippen LogP contribution is 2.43. The molecule has 8 rings (SSSR count). The van der Waals surface area contributed by atoms with Crippen LogP contribution in [0.2, 0.25) is 0 Å². The molecule has 0 aromatic heterocycles. The highest BCUT2D eigenvalue weighted by molar-refractivity contribution is 5.78. The average molecular weight is 1800 g/mol. The van der Waals surface area contributed by atoms with E-state index in [0.717, 1.165) is 27.7 Å². The van der Waals surface area contributed by atoms with Gasteiger partial charge in [0.15, 0.2) is 37.7 Å². The van der Waals surface area contributed by atoms with E-state index in [9.17, 15) is 177 Å². The van der Waals surface area contributed by atoms with E-state index in [1.165, 1.54) is 6.92 Å². The van der Waals surface area contributed by atoms with Crippen LogP contribution in [-0.4, -0.2) is 524 Å². The molecular weight excluding hydrogens is 1690 g/mol. The molecule has 8 aliphatic rings. The van der Waals surface area contributed by atoms with Crippen molar-refractivity contribution in [1.82, 2.24) is 21.3 Å². The molecule has 8 heterocycles. The van der Waals surface area contributed by atoms with Crippen LogP contribution in [0.5, 0.6) is 0 Å². The van der Waals surface area contributed by atoms with E-state index in [0.29, 0.717) is 0 Å². The fraction of sp³-hybridized carbons (Fsp3) is 0.912. The maximum atomic E-state index is 13.7. The molecule has 4 amide bonds. The third-order valence-electron chi connectivity index (χ3n) is 21.9. The molecule has 123 heavy (non-hydrogen) atoms. The van der Waals surface area contributed by atoms with E-state index in [4.69, 9.17) is 75.8 Å². The number of aliphatic carboxylic acids is 2. The number of ether oxygens (including phenoxy) is 16. The number of amides is 4. The second kappa shape index (κ2) is 44.6. The number of carbonyl (C=O) groups excluding carboxylic acids is 4. The number of aliphatic hydroxyl groups is 27. The Kier molecular flexibility index (Phi) is 37.5. The lowest BCUT2D eigenvalue weighted by Crippen LogP contribution is -2.72. The molecule has 0 unspecified atom stereocenters. The molecule has 0 bridgehead atoms. The Morgan fingerprint density at radius 1 is 0.374 bits per heavy atom. The van der Waals surface area contributed by atoms with Crippen LogP contribution in [0.1, 0.15) is 47.5 Å². The summed E-state index contributed by atoms with van der Waals surface area (Å²) in [4.78, 5) is 78.8. The zero-order chi connectivity index (χ0) is 91.8. The smallest absolute Gasteiger partial charge is 0.364 e. The van der Waals surface area contributed by atoms with Gasteiger partial charge in [-0.05, 0) is 6.92 Å². The van der Waals surface area contributed by atoms with Crippen LogP contribution in [0.25, 0.3) is 0 Å². The van der Waals surface area contributed by atoms with Gasteiger partial charge >= 0.3 is 11.9 Å². The molecule has 46 atom stereocenters. The van der Waals surface area contributed by atoms with Crippen molar-refractivity contribution in [1.29, 1.82) is 0 Å². The molecule has 0 saturated carbocycles. The number of hydrogen-bond donors (Lipinski definition) is 33. The van der Waals surface area contributed by atoms with Crippen LogP contribution >= 0.6 is 0 Å². The Balaban J connectivity index is 1.21. The molecule has 0 aromatic carbocycles. The summed E-state index contributed by atoms with van der Waals surface area (Å²) >= 11 is 0. The first-order valence-corrected chi connectivity index (χ1v) is 38.7. The first-order chi connectivity index (χ1) is 57.7. The molecule has 55 heteroatoms. The van der Waals surface area contributed by atoms with Crippen molar-refractivity contribution >= 4 is 35.6 Å². The number of carbonyl (C=O) groups is 6. The SMILES string of the molecule is CC(=O)N[C@H]1[C@H](OC[C@H]2O[C@@H](O[C@@H]([C@H](O)[C@@H](O)CO)[C@H](O)CO)[C@H](O)[C@@H](O[C@@H]3O[C@H](CO[C@]4(C(=O)O)C[C@H](O)[C@@H](NC(C)=O)[C@H]([C@H](O)[C@H](O)CO)O4)[C@@H](O)[C@H](O[C@@H]4O[C@H](CO)[C@H](O)[C@H](O[C@]5(C(=O)O)C[C@H](O)[C@@H](NC(C)=O)[C@H]([C@H](O)[C@H](O)CO)O5)[C@H]4O)[C@H]3NC(C)=O)[C@H]2O)O[C@H](CO)[C@@H](O[C@@H]2O[C@H](CO)[C@H](O)[C@H](O)[C@H]2O[C@@H]2O[C@@H](C)[C@@H](O)[C@@H](O)[C@@H]2O)[C@@H]1O. The van der Waals surface area contributed by atoms with E-state index in [1.54, 1.807) is 0 Å². The minimum Gasteiger partial charge on any atom is -0.477 e. The van der Waals surface area contributed by atoms with Crippen LogP contribution in [-0.2, 0) is 105 Å². The summed E-state index contributed by atoms with van der Waals surface area (Å²) in [6.45, 7) is -6.96. The molecule has 712 valence electrons. The normalized spacial score (nSPS) is 43.9. The molecule has 8 saturated heterocycles. The summed E-state index contributed by atoms with van der Waals surface area (Å²) < 4.78 is 94.5. The standard InChI is InChI=1S/C68H114N4O51/c1-17-37(90)46(99)48(101)61(110-17)120-58-47(100)41(94)28(12-77)112-64(58)117-52-30(14-79)113-59(35(45(52)98)71-20(4)82)108-15-31-44(97)56(49(102)62(115-31)116-51(27(89)11-76)38(91)24(86)8-73)119-60-36(72-21(5)83)53(43(96)32(114-60)16-109-67(65(104)105)6-22(84)33(69-18(2)80)54(121-67)39(92)25(87)9-74)118-63-50(103)57(42(95)29(13-78)111-63)123-68(66(106)107)7-23(85)34(70-19(3)81)55(122-68)40(93)26(88)10-75/h17,22-64,73-79,84-103H,6-16H2,1-5H3,(H,69,80)(H,70,81)(H,71,82)(H,72,83)(H,104,105)(H,106,107)/t17-,22-,23-,24-,25+,26+,27+,28+,29+,30+,31+,32+,33+,34+,35+,36+,37+,38+,39+,40+,41-,42-,43+,44-,45+,46+,47-,48-,49+,50+,51+,52+,53+,54+,55+,56-,57-,58+,59+,60-,61-,62-,63-,64-,67+,68-/m0/s1. The van der Waals surface area contributed by atoms with Gasteiger partial charge in [0.1, 0.15) is 201 Å². The van der Waals surface area contributed by atoms with Crippen molar-refractivity contribution in [3.8, 4) is 0 Å². The molecule has 55 nitrogen and oxygen atoms in total. The maximum absolute atomic E-state index is 13.7. The second-order valence-corrected chi connectivity index (χ2v) is 30.8. The minimum absolute atomic E-state index is 0.766. The quantitative estimate of drug-likeness (QED) is 0.0273. The molecule has 8 aliphatic heterocycles. The highest BCUT2D eigenvalue weighted by atomic mass is 16.8. The van der Waals surface area contributed by atoms with Crippen LogP contribution in [0.15, 0.2) is 0 Å². The molecule has 0 radical (unpaired) electrons. The van der Waals surface area contributed by atoms with Crippen molar-refractivity contribution < 1.29 is 253 Å². The van der Waals surface area contributed by atoms with Gasteiger partial charge in [-0.25, -0.2) is 9.59 Å². The predicted octanol–water partition coefficient (Wildman–Crippen LogP) is -21.0. The van der Waals surface area contributed by atoms with Crippen molar-refractivity contribution in [3.05, 3.63) is 0 Å². The number of carboxylic acid groups (broad SMARTS) is 2. The summed E-state index contributed by atoms with van der Waals surface area (Å²) in [5.41, 5.74) is 0. The topological polar surface area (TPSA) is 885 Å². The number of hydrogen-bond acceptors (Lipinski definition) is 49. The zero-order valence-corrected chi connectivity index (χ0v) is 66.1. The fourth-order valence-electron chi connectivity index (χ4n) is 15.3. The van der Waals surface area contributed by atoms with Gasteiger partial charge in [0.05, 0.1) is 89.9 Å². The van der Waals surface area contributed by atoms with Crippen molar-refractivity contribution in [3.63, 3.8) is 0 Å². The average Bonchev–Trinajstić information content (AvgIpc) is 0.777. The van der Waals surface area contributed by atoms with Crippen LogP contribution in [0.4, 0.5) is 0 Å². The van der Waals surface area contributed by atoms with Crippen LogP contribution in [0, 0.1) is 0 Å². The lowest BCUT2D eigenvalue weighted by Gasteiger charge is -2.52. The molecule has 0 spiro atoms. The maximum Gasteiger partial charge on any atom is 0.364 e. The Morgan fingerprint density at radius 3 is 1.31 bits per heavy atom. The lowest BCUT2D eigenvalue weighted by molar-refractivity contribution is -0.391. The number of carboxylic acids is 2. The van der Waals surface area contributed by atoms with E-state index < -0.39 is 389 Å². The van der Waals surface area contributed by atoms with Gasteiger partial charge in [-0.2, -0.15) is 0 Å². The Labute approximate surface area is 695 Å². The summed E-state index contributed by atoms with van der Waals surface area (Å²) in [6, 6.07) is -8.06. The summed E-state index contributed by atoms with van der Waals surface area (Å²) in [5.74, 6) is -15.4. The predicted molar refractivity (Wildman–Crippen MR) is 379 cm³/mol. The van der Waals surface area contributed by atoms with Gasteiger partial charge in [-0.1, -0.05) is 0 Å². The summed E-state index contributed by atoms with van der Waals surface area (Å²) in [7, 11) is 0. The van der Waals surface area contributed by atoms with Crippen LogP contribution < -0.4 is 21.3 Å². The first-order valence-electron chi connectivity index (χ1n) is 38.7. The van der Waals surface area contributed by atoms with Crippen LogP contribution in [0.3, 0.4) is 0 Å². The number of rotatable bonds is 38. The van der Waals surface area contributed by atoms with Gasteiger partial charge in [0.25, 0.3) is 11.6 Å². The zero-order valence-electron chi connectivity index (χ0n) is 66.1. The minimum atomic E-state index is -3.46. The van der Waals surface area contributed by atoms with Gasteiger partial charge < -0.3 is 245 Å².